The number of methoxy groups -OCH3 is 1. The van der Waals surface area contributed by atoms with Gasteiger partial charge in [-0.3, -0.25) is 19.3 Å². The number of aryl methyl sites for hydroxylation is 1. The van der Waals surface area contributed by atoms with Crippen LogP contribution in [0, 0.1) is 6.92 Å². The van der Waals surface area contributed by atoms with E-state index in [1.165, 1.54) is 0 Å². The summed E-state index contributed by atoms with van der Waals surface area (Å²) in [6.07, 6.45) is 0.436. The standard InChI is InChI=1S/C31H30N2O5/c1-19-10-12-20(13-11-19)22-17-25-30(27(34)18-22)31(21-6-5-7-23(16-21)38-2)33(28(35)14-15-29(36)37)26-9-4-3-8-24(26)32-25/h3-13,16,22,31-32H,14-15,17-18H2,1-2H3,(H,36,37)/t22-,31+/m1/s1. The number of rotatable bonds is 6. The maximum Gasteiger partial charge on any atom is 0.303 e. The number of carboxylic acids is 1. The van der Waals surface area contributed by atoms with Crippen LogP contribution in [0.2, 0.25) is 0 Å². The number of amides is 1. The van der Waals surface area contributed by atoms with E-state index in [0.29, 0.717) is 35.5 Å². The van der Waals surface area contributed by atoms with E-state index in [1.54, 1.807) is 12.0 Å². The van der Waals surface area contributed by atoms with Gasteiger partial charge in [0, 0.05) is 24.1 Å². The van der Waals surface area contributed by atoms with Crippen molar-refractivity contribution in [1.82, 2.24) is 0 Å². The Labute approximate surface area is 221 Å². The molecule has 2 aliphatic rings. The van der Waals surface area contributed by atoms with E-state index >= 15 is 0 Å². The topological polar surface area (TPSA) is 95.9 Å². The molecule has 3 aromatic rings. The Morgan fingerprint density at radius 3 is 2.47 bits per heavy atom. The third-order valence-corrected chi connectivity index (χ3v) is 7.27. The molecule has 194 valence electrons. The second kappa shape index (κ2) is 10.5. The van der Waals surface area contributed by atoms with Crippen molar-refractivity contribution in [1.29, 1.82) is 0 Å². The van der Waals surface area contributed by atoms with Gasteiger partial charge in [-0.1, -0.05) is 54.1 Å². The first-order chi connectivity index (χ1) is 18.4. The summed E-state index contributed by atoms with van der Waals surface area (Å²) in [5.74, 6) is -0.847. The molecule has 7 nitrogen and oxygen atoms in total. The molecule has 1 aliphatic heterocycles. The summed E-state index contributed by atoms with van der Waals surface area (Å²) >= 11 is 0. The van der Waals surface area contributed by atoms with E-state index in [4.69, 9.17) is 4.74 Å². The molecule has 0 radical (unpaired) electrons. The predicted molar refractivity (Wildman–Crippen MR) is 145 cm³/mol. The molecular weight excluding hydrogens is 480 g/mol. The number of hydrogen-bond donors (Lipinski definition) is 2. The lowest BCUT2D eigenvalue weighted by atomic mass is 9.78. The molecule has 38 heavy (non-hydrogen) atoms. The van der Waals surface area contributed by atoms with Crippen LogP contribution in [-0.2, 0) is 14.4 Å². The number of carbonyl (C=O) groups is 3. The second-order valence-electron chi connectivity index (χ2n) is 9.81. The second-order valence-corrected chi connectivity index (χ2v) is 9.81. The van der Waals surface area contributed by atoms with Gasteiger partial charge in [0.1, 0.15) is 5.75 Å². The number of nitrogens with zero attached hydrogens (tertiary/aromatic N) is 1. The van der Waals surface area contributed by atoms with Crippen LogP contribution in [0.4, 0.5) is 11.4 Å². The minimum atomic E-state index is -1.05. The van der Waals surface area contributed by atoms with Crippen LogP contribution in [0.15, 0.2) is 84.1 Å². The molecule has 1 heterocycles. The van der Waals surface area contributed by atoms with Crippen molar-refractivity contribution in [2.75, 3.05) is 17.3 Å². The summed E-state index contributed by atoms with van der Waals surface area (Å²) in [6, 6.07) is 22.3. The fraction of sp³-hybridized carbons (Fsp3) is 0.258. The summed E-state index contributed by atoms with van der Waals surface area (Å²) in [4.78, 5) is 40.7. The molecule has 5 rings (SSSR count). The molecule has 7 heteroatoms. The van der Waals surface area contributed by atoms with Crippen LogP contribution in [0.3, 0.4) is 0 Å². The van der Waals surface area contributed by atoms with Crippen LogP contribution >= 0.6 is 0 Å². The van der Waals surface area contributed by atoms with Gasteiger partial charge in [-0.25, -0.2) is 0 Å². The highest BCUT2D eigenvalue weighted by Crippen LogP contribution is 2.48. The number of carbonyl (C=O) groups excluding carboxylic acids is 2. The SMILES string of the molecule is COc1cccc([C@H]2C3=C(C[C@@H](c4ccc(C)cc4)CC3=O)Nc3ccccc3N2C(=O)CCC(=O)O)c1. The third-order valence-electron chi connectivity index (χ3n) is 7.27. The number of allylic oxidation sites excluding steroid dienone is 1. The fourth-order valence-corrected chi connectivity index (χ4v) is 5.40. The van der Waals surface area contributed by atoms with Gasteiger partial charge in [0.15, 0.2) is 5.78 Å². The largest absolute Gasteiger partial charge is 0.497 e. The number of aliphatic carboxylic acids is 1. The Bertz CT molecular complexity index is 1430. The van der Waals surface area contributed by atoms with Gasteiger partial charge in [0.2, 0.25) is 5.91 Å². The molecule has 0 aromatic heterocycles. The molecule has 1 amide bonds. The minimum absolute atomic E-state index is 0.00161. The maximum absolute atomic E-state index is 14.0. The van der Waals surface area contributed by atoms with E-state index in [0.717, 1.165) is 22.4 Å². The van der Waals surface area contributed by atoms with Crippen molar-refractivity contribution in [2.45, 2.75) is 44.6 Å². The van der Waals surface area contributed by atoms with Gasteiger partial charge in [-0.15, -0.1) is 0 Å². The highest BCUT2D eigenvalue weighted by molar-refractivity contribution is 6.06. The first-order valence-electron chi connectivity index (χ1n) is 12.7. The van der Waals surface area contributed by atoms with Crippen LogP contribution < -0.4 is 15.0 Å². The summed E-state index contributed by atoms with van der Waals surface area (Å²) in [5.41, 5.74) is 5.59. The smallest absolute Gasteiger partial charge is 0.303 e. The third kappa shape index (κ3) is 4.92. The molecule has 0 spiro atoms. The van der Waals surface area contributed by atoms with Crippen LogP contribution in [0.1, 0.15) is 54.3 Å². The first kappa shape index (κ1) is 25.3. The predicted octanol–water partition coefficient (Wildman–Crippen LogP) is 5.77. The monoisotopic (exact) mass is 510 g/mol. The summed E-state index contributed by atoms with van der Waals surface area (Å²) < 4.78 is 5.47. The van der Waals surface area contributed by atoms with Crippen molar-refractivity contribution in [2.24, 2.45) is 0 Å². The average Bonchev–Trinajstić information content (AvgIpc) is 3.07. The Hall–Kier alpha value is -4.39. The molecule has 0 bridgehead atoms. The highest BCUT2D eigenvalue weighted by atomic mass is 16.5. The van der Waals surface area contributed by atoms with Crippen molar-refractivity contribution >= 4 is 29.0 Å². The molecule has 2 atom stereocenters. The van der Waals surface area contributed by atoms with Crippen molar-refractivity contribution in [3.63, 3.8) is 0 Å². The summed E-state index contributed by atoms with van der Waals surface area (Å²) in [5, 5.41) is 12.8. The lowest BCUT2D eigenvalue weighted by molar-refractivity contribution is -0.138. The van der Waals surface area contributed by atoms with Gasteiger partial charge in [-0.05, 0) is 54.7 Å². The van der Waals surface area contributed by atoms with Gasteiger partial charge in [0.25, 0.3) is 0 Å². The molecule has 2 N–H and O–H groups in total. The van der Waals surface area contributed by atoms with Crippen molar-refractivity contribution < 1.29 is 24.2 Å². The van der Waals surface area contributed by atoms with E-state index in [1.807, 2.05) is 55.5 Å². The van der Waals surface area contributed by atoms with Gasteiger partial charge in [0.05, 0.1) is 30.9 Å². The number of benzene rings is 3. The van der Waals surface area contributed by atoms with Crippen LogP contribution in [0.5, 0.6) is 5.75 Å². The van der Waals surface area contributed by atoms with Crippen molar-refractivity contribution in [3.05, 3.63) is 101 Å². The van der Waals surface area contributed by atoms with Crippen LogP contribution in [-0.4, -0.2) is 29.9 Å². The first-order valence-corrected chi connectivity index (χ1v) is 12.7. The lowest BCUT2D eigenvalue weighted by Gasteiger charge is -2.35. The fourth-order valence-electron chi connectivity index (χ4n) is 5.40. The van der Waals surface area contributed by atoms with Crippen molar-refractivity contribution in [3.8, 4) is 5.75 Å². The number of para-hydroxylation sites is 2. The quantitative estimate of drug-likeness (QED) is 0.437. The molecule has 1 aliphatic carbocycles. The number of carboxylic acid groups (broad SMARTS) is 1. The molecule has 3 aromatic carbocycles. The van der Waals surface area contributed by atoms with Crippen LogP contribution in [0.25, 0.3) is 0 Å². The zero-order valence-corrected chi connectivity index (χ0v) is 21.4. The molecule has 0 unspecified atom stereocenters. The zero-order chi connectivity index (χ0) is 26.8. The number of ether oxygens (including phenoxy) is 1. The van der Waals surface area contributed by atoms with Gasteiger partial charge < -0.3 is 15.2 Å². The van der Waals surface area contributed by atoms with Gasteiger partial charge >= 0.3 is 5.97 Å². The Morgan fingerprint density at radius 2 is 1.74 bits per heavy atom. The average molecular weight is 511 g/mol. The Balaban J connectivity index is 1.68. The number of fused-ring (bicyclic) bond motifs is 1. The molecular formula is C31H30N2O5. The van der Waals surface area contributed by atoms with E-state index in [-0.39, 0.29) is 30.4 Å². The van der Waals surface area contributed by atoms with E-state index < -0.39 is 12.0 Å². The van der Waals surface area contributed by atoms with Gasteiger partial charge in [-0.2, -0.15) is 0 Å². The number of nitrogens with one attached hydrogen (secondary N) is 1. The number of hydrogen-bond acceptors (Lipinski definition) is 5. The zero-order valence-electron chi connectivity index (χ0n) is 21.4. The molecule has 0 saturated carbocycles. The normalized spacial score (nSPS) is 18.7. The number of anilines is 2. The van der Waals surface area contributed by atoms with E-state index in [9.17, 15) is 19.5 Å². The Morgan fingerprint density at radius 1 is 0.974 bits per heavy atom. The highest BCUT2D eigenvalue weighted by Gasteiger charge is 2.41. The number of ketones is 1. The Kier molecular flexibility index (Phi) is 7.01. The molecule has 0 fully saturated rings. The van der Waals surface area contributed by atoms with E-state index in [2.05, 4.69) is 29.6 Å². The molecule has 0 saturated heterocycles. The minimum Gasteiger partial charge on any atom is -0.497 e. The lowest BCUT2D eigenvalue weighted by Crippen LogP contribution is -2.38. The summed E-state index contributed by atoms with van der Waals surface area (Å²) in [7, 11) is 1.57. The number of Topliss-reactive ketones (excluding diaryl/α,β-unsaturated/α-hetero) is 1. The maximum atomic E-state index is 14.0. The summed E-state index contributed by atoms with van der Waals surface area (Å²) in [6.45, 7) is 2.04.